The second kappa shape index (κ2) is 8.51. The molecule has 0 aromatic heterocycles. The third kappa shape index (κ3) is 8.25. The average Bonchev–Trinajstić information content (AvgIpc) is 2.10. The Morgan fingerprint density at radius 2 is 2.31 bits per heavy atom. The van der Waals surface area contributed by atoms with Crippen LogP contribution in [0.3, 0.4) is 0 Å². The van der Waals surface area contributed by atoms with Crippen molar-refractivity contribution in [3.8, 4) is 0 Å². The second-order valence-electron chi connectivity index (χ2n) is 2.53. The molecule has 0 aliphatic heterocycles. The Morgan fingerprint density at radius 3 is 2.77 bits per heavy atom. The smallest absolute Gasteiger partial charge is 0.106 e. The molecule has 4 heteroatoms. The van der Waals surface area contributed by atoms with E-state index < -0.39 is 0 Å². The highest BCUT2D eigenvalue weighted by molar-refractivity contribution is 8.82. The van der Waals surface area contributed by atoms with Crippen LogP contribution in [-0.4, -0.2) is 18.6 Å². The summed E-state index contributed by atoms with van der Waals surface area (Å²) in [5, 5.41) is 0.893. The minimum Gasteiger partial charge on any atom is -0.250 e. The highest BCUT2D eigenvalue weighted by Gasteiger charge is 1.97. The van der Waals surface area contributed by atoms with Gasteiger partial charge in [-0.05, 0) is 23.3 Å². The molecule has 0 aromatic rings. The monoisotopic (exact) mass is 211 g/mol. The summed E-state index contributed by atoms with van der Waals surface area (Å²) >= 11 is 0. The van der Waals surface area contributed by atoms with Gasteiger partial charge in [0.25, 0.3) is 0 Å². The van der Waals surface area contributed by atoms with Gasteiger partial charge in [-0.3, -0.25) is 0 Å². The summed E-state index contributed by atoms with van der Waals surface area (Å²) in [5.74, 6) is 1.31. The Hall–Kier alpha value is -0.0851. The van der Waals surface area contributed by atoms with Crippen molar-refractivity contribution < 1.29 is 0 Å². The molecule has 0 rings (SSSR count). The van der Waals surface area contributed by atoms with E-state index in [4.69, 9.17) is 7.85 Å². The Bertz CT molecular complexity index is 190. The predicted molar refractivity (Wildman–Crippen MR) is 67.7 cm³/mol. The molecule has 0 heterocycles. The quantitative estimate of drug-likeness (QED) is 0.219. The van der Waals surface area contributed by atoms with Gasteiger partial charge in [-0.2, -0.15) is 0 Å². The fraction of sp³-hybridized carbons (Fsp3) is 0.444. The summed E-state index contributed by atoms with van der Waals surface area (Å²) in [5.41, 5.74) is 0. The van der Waals surface area contributed by atoms with Crippen molar-refractivity contribution in [3.63, 3.8) is 0 Å². The van der Waals surface area contributed by atoms with Gasteiger partial charge >= 0.3 is 0 Å². The van der Waals surface area contributed by atoms with Gasteiger partial charge in [-0.15, -0.1) is 0 Å². The van der Waals surface area contributed by atoms with E-state index in [1.807, 2.05) is 6.92 Å². The summed E-state index contributed by atoms with van der Waals surface area (Å²) in [6, 6.07) is 0. The van der Waals surface area contributed by atoms with Crippen molar-refractivity contribution in [3.05, 3.63) is 25.4 Å². The van der Waals surface area contributed by atoms with Crippen LogP contribution in [0.2, 0.25) is 5.82 Å². The van der Waals surface area contributed by atoms with Crippen LogP contribution < -0.4 is 0 Å². The van der Waals surface area contributed by atoms with Crippen molar-refractivity contribution in [2.75, 3.05) is 5.75 Å². The second-order valence-corrected chi connectivity index (χ2v) is 4.96. The molecule has 70 valence electrons. The molecule has 1 unspecified atom stereocenters. The van der Waals surface area contributed by atoms with Crippen LogP contribution in [0, 0.1) is 0 Å². The zero-order chi connectivity index (χ0) is 10.1. The van der Waals surface area contributed by atoms with Crippen LogP contribution in [-0.2, 0) is 0 Å². The summed E-state index contributed by atoms with van der Waals surface area (Å²) < 4.78 is 0. The molecule has 0 saturated heterocycles. The van der Waals surface area contributed by atoms with Crippen LogP contribution in [0.5, 0.6) is 0 Å². The maximum atomic E-state index is 5.61. The molecule has 1 nitrogen and oxygen atoms in total. The molecular formula is C9H14BNS2. The largest absolute Gasteiger partial charge is 0.250 e. The summed E-state index contributed by atoms with van der Waals surface area (Å²) in [4.78, 5) is 4.03. The van der Waals surface area contributed by atoms with Crippen LogP contribution in [0.1, 0.15) is 13.3 Å². The molecule has 0 aliphatic rings. The first-order chi connectivity index (χ1) is 6.20. The Labute approximate surface area is 90.0 Å². The van der Waals surface area contributed by atoms with Crippen LogP contribution in [0.15, 0.2) is 30.4 Å². The van der Waals surface area contributed by atoms with Crippen LogP contribution in [0.4, 0.5) is 0 Å². The maximum Gasteiger partial charge on any atom is 0.106 e. The van der Waals surface area contributed by atoms with Crippen molar-refractivity contribution in [1.82, 2.24) is 0 Å². The lowest BCUT2D eigenvalue weighted by molar-refractivity contribution is 0.893. The van der Waals surface area contributed by atoms with Crippen molar-refractivity contribution >= 4 is 34.5 Å². The zero-order valence-electron chi connectivity index (χ0n) is 7.90. The third-order valence-electron chi connectivity index (χ3n) is 1.19. The molecule has 0 bridgehead atoms. The first kappa shape index (κ1) is 12.9. The molecular weight excluding hydrogens is 197 g/mol. The average molecular weight is 211 g/mol. The summed E-state index contributed by atoms with van der Waals surface area (Å²) in [6.07, 6.45) is 4.28. The standard InChI is InChI=1S/C9H14BNS2/c1-4-9(11-5-2)13-12-7-6-8(3)10/h4-5,8H,1-2,6-7H2,3H3. The topological polar surface area (TPSA) is 12.4 Å². The predicted octanol–water partition coefficient (Wildman–Crippen LogP) is 3.46. The van der Waals surface area contributed by atoms with E-state index in [2.05, 4.69) is 18.2 Å². The van der Waals surface area contributed by atoms with E-state index in [-0.39, 0.29) is 5.82 Å². The highest BCUT2D eigenvalue weighted by atomic mass is 33.1. The van der Waals surface area contributed by atoms with Gasteiger partial charge in [0.2, 0.25) is 0 Å². The van der Waals surface area contributed by atoms with E-state index in [1.165, 1.54) is 6.20 Å². The molecule has 0 fully saturated rings. The fourth-order valence-corrected chi connectivity index (χ4v) is 2.63. The Kier molecular flexibility index (Phi) is 8.45. The third-order valence-corrected chi connectivity index (χ3v) is 3.52. The van der Waals surface area contributed by atoms with Gasteiger partial charge in [0, 0.05) is 12.0 Å². The van der Waals surface area contributed by atoms with Crippen molar-refractivity contribution in [2.45, 2.75) is 19.2 Å². The number of hydrogen-bond donors (Lipinski definition) is 0. The Balaban J connectivity index is 3.56. The summed E-state index contributed by atoms with van der Waals surface area (Å²) in [6.45, 7) is 9.19. The lowest BCUT2D eigenvalue weighted by Crippen LogP contribution is -1.88. The van der Waals surface area contributed by atoms with E-state index >= 15 is 0 Å². The first-order valence-electron chi connectivity index (χ1n) is 4.07. The molecule has 0 saturated carbocycles. The maximum absolute atomic E-state index is 5.61. The van der Waals surface area contributed by atoms with Crippen molar-refractivity contribution in [1.29, 1.82) is 0 Å². The first-order valence-corrected chi connectivity index (χ1v) is 6.38. The normalized spacial score (nSPS) is 13.8. The van der Waals surface area contributed by atoms with Gasteiger partial charge in [0.1, 0.15) is 5.04 Å². The van der Waals surface area contributed by atoms with Crippen LogP contribution in [0.25, 0.3) is 0 Å². The number of nitrogens with zero attached hydrogens (tertiary/aromatic N) is 1. The number of hydrogen-bond acceptors (Lipinski definition) is 3. The highest BCUT2D eigenvalue weighted by Crippen LogP contribution is 2.26. The SMILES string of the molecule is [B]C(C)CCSSC(C=C)=NC=C. The summed E-state index contributed by atoms with van der Waals surface area (Å²) in [7, 11) is 8.96. The van der Waals surface area contributed by atoms with Gasteiger partial charge < -0.3 is 0 Å². The van der Waals surface area contributed by atoms with Gasteiger partial charge in [-0.1, -0.05) is 36.7 Å². The van der Waals surface area contributed by atoms with E-state index in [1.54, 1.807) is 27.7 Å². The number of rotatable bonds is 6. The number of aliphatic imine (C=N–C) groups is 1. The molecule has 0 N–H and O–H groups in total. The van der Waals surface area contributed by atoms with E-state index in [0.717, 1.165) is 17.2 Å². The van der Waals surface area contributed by atoms with Crippen molar-refractivity contribution in [2.24, 2.45) is 4.99 Å². The lowest BCUT2D eigenvalue weighted by Gasteiger charge is -2.03. The van der Waals surface area contributed by atoms with Gasteiger partial charge in [0.15, 0.2) is 0 Å². The Morgan fingerprint density at radius 1 is 1.62 bits per heavy atom. The molecule has 0 spiro atoms. The lowest BCUT2D eigenvalue weighted by atomic mass is 9.87. The van der Waals surface area contributed by atoms with Gasteiger partial charge in [-0.25, -0.2) is 4.99 Å². The molecule has 0 amide bonds. The molecule has 0 aliphatic carbocycles. The van der Waals surface area contributed by atoms with Crippen LogP contribution >= 0.6 is 21.6 Å². The molecule has 2 radical (unpaired) electrons. The van der Waals surface area contributed by atoms with E-state index in [9.17, 15) is 0 Å². The van der Waals surface area contributed by atoms with E-state index in [0.29, 0.717) is 0 Å². The molecule has 1 atom stereocenters. The molecule has 0 aromatic carbocycles. The molecule has 13 heavy (non-hydrogen) atoms. The van der Waals surface area contributed by atoms with Gasteiger partial charge in [0.05, 0.1) is 7.85 Å². The zero-order valence-corrected chi connectivity index (χ0v) is 9.53. The minimum absolute atomic E-state index is 0.275. The minimum atomic E-state index is 0.275. The fourth-order valence-electron chi connectivity index (χ4n) is 0.534.